The van der Waals surface area contributed by atoms with Gasteiger partial charge in [-0.05, 0) is 25.1 Å². The SMILES string of the molecule is COc1nnccc1N1CCN(c2cnn(Cc3c(-c4ccc(Cl)nc4)noc3C)c(=O)c2)CC1. The minimum absolute atomic E-state index is 0.203. The lowest BCUT2D eigenvalue weighted by Crippen LogP contribution is -2.47. The number of hydrogen-bond donors (Lipinski definition) is 0. The second-order valence-electron chi connectivity index (χ2n) is 8.04. The zero-order valence-electron chi connectivity index (χ0n) is 19.3. The van der Waals surface area contributed by atoms with Crippen LogP contribution in [0.25, 0.3) is 11.3 Å². The van der Waals surface area contributed by atoms with Gasteiger partial charge < -0.3 is 19.1 Å². The van der Waals surface area contributed by atoms with Crippen molar-refractivity contribution >= 4 is 23.0 Å². The molecule has 4 aromatic rings. The van der Waals surface area contributed by atoms with E-state index >= 15 is 0 Å². The van der Waals surface area contributed by atoms with E-state index in [1.54, 1.807) is 44.8 Å². The highest BCUT2D eigenvalue weighted by Crippen LogP contribution is 2.27. The molecule has 4 aromatic heterocycles. The molecule has 0 saturated carbocycles. The van der Waals surface area contributed by atoms with E-state index in [4.69, 9.17) is 20.9 Å². The van der Waals surface area contributed by atoms with E-state index in [9.17, 15) is 4.79 Å². The number of piperazine rings is 1. The highest BCUT2D eigenvalue weighted by Gasteiger charge is 2.22. The highest BCUT2D eigenvalue weighted by atomic mass is 35.5. The molecule has 1 fully saturated rings. The van der Waals surface area contributed by atoms with Crippen LogP contribution in [0, 0.1) is 6.92 Å². The predicted molar refractivity (Wildman–Crippen MR) is 130 cm³/mol. The van der Waals surface area contributed by atoms with Crippen molar-refractivity contribution in [2.45, 2.75) is 13.5 Å². The number of halogens is 1. The number of ether oxygens (including phenoxy) is 1. The Labute approximate surface area is 205 Å². The minimum atomic E-state index is -0.203. The summed E-state index contributed by atoms with van der Waals surface area (Å²) < 4.78 is 12.1. The zero-order chi connectivity index (χ0) is 24.4. The van der Waals surface area contributed by atoms with Gasteiger partial charge in [0.05, 0.1) is 31.7 Å². The Bertz CT molecular complexity index is 1380. The smallest absolute Gasteiger partial charge is 0.269 e. The fourth-order valence-corrected chi connectivity index (χ4v) is 4.20. The van der Waals surface area contributed by atoms with Crippen molar-refractivity contribution in [2.75, 3.05) is 43.1 Å². The van der Waals surface area contributed by atoms with Gasteiger partial charge in [-0.15, -0.1) is 5.10 Å². The van der Waals surface area contributed by atoms with Gasteiger partial charge in [0.15, 0.2) is 0 Å². The second-order valence-corrected chi connectivity index (χ2v) is 8.43. The van der Waals surface area contributed by atoms with Gasteiger partial charge in [0, 0.05) is 49.6 Å². The van der Waals surface area contributed by atoms with E-state index < -0.39 is 0 Å². The summed E-state index contributed by atoms with van der Waals surface area (Å²) in [4.78, 5) is 21.4. The molecule has 5 rings (SSSR count). The normalized spacial score (nSPS) is 13.8. The maximum Gasteiger partial charge on any atom is 0.269 e. The molecule has 0 aromatic carbocycles. The molecule has 0 bridgehead atoms. The topological polar surface area (TPSA) is 115 Å². The Morgan fingerprint density at radius 3 is 2.63 bits per heavy atom. The van der Waals surface area contributed by atoms with Crippen molar-refractivity contribution in [3.05, 3.63) is 69.7 Å². The van der Waals surface area contributed by atoms with E-state index in [-0.39, 0.29) is 12.1 Å². The number of aryl methyl sites for hydroxylation is 1. The summed E-state index contributed by atoms with van der Waals surface area (Å²) in [5, 5.41) is 16.9. The molecular weight excluding hydrogens is 472 g/mol. The molecular formula is C23H23ClN8O3. The van der Waals surface area contributed by atoms with Crippen LogP contribution in [-0.2, 0) is 6.54 Å². The Morgan fingerprint density at radius 2 is 1.91 bits per heavy atom. The average molecular weight is 495 g/mol. The van der Waals surface area contributed by atoms with E-state index in [0.29, 0.717) is 22.5 Å². The van der Waals surface area contributed by atoms with Crippen LogP contribution >= 0.6 is 11.6 Å². The maximum atomic E-state index is 12.9. The number of nitrogens with zero attached hydrogens (tertiary/aromatic N) is 8. The fraction of sp³-hybridized carbons (Fsp3) is 0.304. The molecule has 0 amide bonds. The van der Waals surface area contributed by atoms with Crippen molar-refractivity contribution in [1.29, 1.82) is 0 Å². The van der Waals surface area contributed by atoms with Crippen LogP contribution in [0.4, 0.5) is 11.4 Å². The standard InChI is InChI=1S/C23H23ClN8O3/c1-15-18(22(29-35-15)16-3-4-20(24)25-12-16)14-32-21(33)11-17(13-27-32)30-7-9-31(10-8-30)19-5-6-26-28-23(19)34-2/h3-6,11-13H,7-10,14H2,1-2H3. The first-order valence-electron chi connectivity index (χ1n) is 11.0. The number of hydrogen-bond acceptors (Lipinski definition) is 10. The van der Waals surface area contributed by atoms with Crippen molar-refractivity contribution in [3.8, 4) is 17.1 Å². The van der Waals surface area contributed by atoms with Gasteiger partial charge in [-0.1, -0.05) is 16.8 Å². The quantitative estimate of drug-likeness (QED) is 0.370. The van der Waals surface area contributed by atoms with Crippen LogP contribution in [0.5, 0.6) is 5.88 Å². The number of anilines is 2. The average Bonchev–Trinajstić information content (AvgIpc) is 3.25. The summed E-state index contributed by atoms with van der Waals surface area (Å²) in [6, 6.07) is 7.01. The molecule has 0 unspecified atom stereocenters. The van der Waals surface area contributed by atoms with E-state index in [1.807, 2.05) is 12.1 Å². The van der Waals surface area contributed by atoms with Crippen LogP contribution in [0.1, 0.15) is 11.3 Å². The lowest BCUT2D eigenvalue weighted by atomic mass is 10.1. The lowest BCUT2D eigenvalue weighted by molar-refractivity contribution is 0.391. The molecule has 0 aliphatic carbocycles. The maximum absolute atomic E-state index is 12.9. The molecule has 1 saturated heterocycles. The fourth-order valence-electron chi connectivity index (χ4n) is 4.09. The van der Waals surface area contributed by atoms with Crippen LogP contribution in [0.2, 0.25) is 5.15 Å². The summed E-state index contributed by atoms with van der Waals surface area (Å²) in [5.41, 5.74) is 3.63. The Hall–Kier alpha value is -3.99. The van der Waals surface area contributed by atoms with Gasteiger partial charge in [0.1, 0.15) is 22.3 Å². The molecule has 0 radical (unpaired) electrons. The summed E-state index contributed by atoms with van der Waals surface area (Å²) in [7, 11) is 1.58. The van der Waals surface area contributed by atoms with Gasteiger partial charge in [-0.2, -0.15) is 10.2 Å². The van der Waals surface area contributed by atoms with Gasteiger partial charge >= 0.3 is 0 Å². The highest BCUT2D eigenvalue weighted by molar-refractivity contribution is 6.29. The molecule has 11 nitrogen and oxygen atoms in total. The van der Waals surface area contributed by atoms with Gasteiger partial charge in [-0.25, -0.2) is 9.67 Å². The first kappa shape index (κ1) is 22.8. The Morgan fingerprint density at radius 1 is 1.11 bits per heavy atom. The van der Waals surface area contributed by atoms with Crippen LogP contribution in [0.15, 0.2) is 52.2 Å². The molecule has 180 valence electrons. The van der Waals surface area contributed by atoms with Crippen molar-refractivity contribution in [3.63, 3.8) is 0 Å². The Balaban J connectivity index is 1.30. The molecule has 5 heterocycles. The van der Waals surface area contributed by atoms with Gasteiger partial charge in [-0.3, -0.25) is 4.79 Å². The summed E-state index contributed by atoms with van der Waals surface area (Å²) in [6.45, 7) is 5.01. The number of methoxy groups -OCH3 is 1. The molecule has 0 spiro atoms. The third-order valence-electron chi connectivity index (χ3n) is 5.99. The monoisotopic (exact) mass is 494 g/mol. The van der Waals surface area contributed by atoms with E-state index in [1.165, 1.54) is 4.68 Å². The van der Waals surface area contributed by atoms with E-state index in [2.05, 4.69) is 35.2 Å². The molecule has 0 atom stereocenters. The molecule has 0 N–H and O–H groups in total. The summed E-state index contributed by atoms with van der Waals surface area (Å²) >= 11 is 5.90. The summed E-state index contributed by atoms with van der Waals surface area (Å²) in [5.74, 6) is 1.12. The third kappa shape index (κ3) is 4.67. The van der Waals surface area contributed by atoms with Crippen LogP contribution in [-0.4, -0.2) is 63.4 Å². The number of rotatable bonds is 6. The number of aromatic nitrogens is 6. The first-order chi connectivity index (χ1) is 17.0. The zero-order valence-corrected chi connectivity index (χ0v) is 20.0. The molecule has 12 heteroatoms. The van der Waals surface area contributed by atoms with Crippen molar-refractivity contribution in [2.24, 2.45) is 0 Å². The van der Waals surface area contributed by atoms with E-state index in [0.717, 1.165) is 48.7 Å². The lowest BCUT2D eigenvalue weighted by Gasteiger charge is -2.37. The third-order valence-corrected chi connectivity index (χ3v) is 6.22. The molecule has 1 aliphatic heterocycles. The van der Waals surface area contributed by atoms with Crippen molar-refractivity contribution < 1.29 is 9.26 Å². The van der Waals surface area contributed by atoms with Gasteiger partial charge in [0.25, 0.3) is 11.4 Å². The van der Waals surface area contributed by atoms with Crippen LogP contribution in [0.3, 0.4) is 0 Å². The molecule has 35 heavy (non-hydrogen) atoms. The van der Waals surface area contributed by atoms with Gasteiger partial charge in [0.2, 0.25) is 0 Å². The second kappa shape index (κ2) is 9.71. The minimum Gasteiger partial charge on any atom is -0.478 e. The van der Waals surface area contributed by atoms with Crippen molar-refractivity contribution in [1.82, 2.24) is 30.1 Å². The summed E-state index contributed by atoms with van der Waals surface area (Å²) in [6.07, 6.45) is 5.00. The Kier molecular flexibility index (Phi) is 6.32. The largest absolute Gasteiger partial charge is 0.478 e. The van der Waals surface area contributed by atoms with Crippen LogP contribution < -0.4 is 20.1 Å². The predicted octanol–water partition coefficient (Wildman–Crippen LogP) is 2.43. The molecule has 1 aliphatic rings. The first-order valence-corrected chi connectivity index (χ1v) is 11.4. The number of pyridine rings is 1.